The van der Waals surface area contributed by atoms with Crippen molar-refractivity contribution in [2.75, 3.05) is 13.1 Å². The molecule has 0 aliphatic carbocycles. The Morgan fingerprint density at radius 2 is 2.60 bits per heavy atom. The lowest BCUT2D eigenvalue weighted by molar-refractivity contribution is -0.130. The fraction of sp³-hybridized carbons (Fsp3) is 0.667. The van der Waals surface area contributed by atoms with E-state index in [1.54, 1.807) is 4.90 Å². The molecule has 1 N–H and O–H groups in total. The first-order chi connectivity index (χ1) is 7.31. The summed E-state index contributed by atoms with van der Waals surface area (Å²) in [4.78, 5) is 17.4. The Kier molecular flexibility index (Phi) is 2.96. The van der Waals surface area contributed by atoms with Gasteiger partial charge in [0, 0.05) is 6.54 Å². The molecule has 15 heavy (non-hydrogen) atoms. The molecule has 1 amide bonds. The van der Waals surface area contributed by atoms with Gasteiger partial charge in [-0.05, 0) is 13.0 Å². The van der Waals surface area contributed by atoms with Gasteiger partial charge in [-0.25, -0.2) is 0 Å². The first-order valence-corrected chi connectivity index (χ1v) is 5.08. The number of likely N-dealkylation sites (tertiary alicyclic amines) is 1. The predicted molar refractivity (Wildman–Crippen MR) is 51.8 cm³/mol. The number of likely N-dealkylation sites (N-methyl/N-ethyl adjacent to an activating group) is 1. The molecule has 82 valence electrons. The zero-order chi connectivity index (χ0) is 10.7. The van der Waals surface area contributed by atoms with E-state index >= 15 is 0 Å². The normalized spacial score (nSPS) is 21.3. The molecule has 0 radical (unpaired) electrons. The lowest BCUT2D eigenvalue weighted by atomic mass is 10.2. The van der Waals surface area contributed by atoms with Crippen LogP contribution in [0.1, 0.15) is 19.2 Å². The maximum atomic E-state index is 11.8. The molecule has 1 fully saturated rings. The molecule has 1 aliphatic heterocycles. The summed E-state index contributed by atoms with van der Waals surface area (Å²) in [5.41, 5.74) is 0. The van der Waals surface area contributed by atoms with Gasteiger partial charge < -0.3 is 14.7 Å². The lowest BCUT2D eigenvalue weighted by Gasteiger charge is -2.14. The van der Waals surface area contributed by atoms with Crippen LogP contribution in [0.25, 0.3) is 0 Å². The number of nitrogens with one attached hydrogen (secondary N) is 1. The van der Waals surface area contributed by atoms with Gasteiger partial charge in [-0.1, -0.05) is 12.1 Å². The first-order valence-electron chi connectivity index (χ1n) is 5.08. The van der Waals surface area contributed by atoms with Crippen molar-refractivity contribution in [3.8, 4) is 0 Å². The van der Waals surface area contributed by atoms with Crippen LogP contribution in [0.4, 0.5) is 0 Å². The zero-order valence-electron chi connectivity index (χ0n) is 8.64. The third-order valence-electron chi connectivity index (χ3n) is 2.49. The Bertz CT molecular complexity index is 325. The fourth-order valence-electron chi connectivity index (χ4n) is 1.76. The molecule has 2 rings (SSSR count). The standard InChI is InChI=1S/C9H14N4O2/c1-2-10-7-3-4-13(9(7)14)5-8-11-6-15-12-8/h6-7,10H,2-5H2,1H3. The van der Waals surface area contributed by atoms with Crippen molar-refractivity contribution in [1.29, 1.82) is 0 Å². The molecule has 1 atom stereocenters. The zero-order valence-corrected chi connectivity index (χ0v) is 8.64. The van der Waals surface area contributed by atoms with Crippen LogP contribution in [-0.4, -0.2) is 40.1 Å². The Morgan fingerprint density at radius 3 is 3.27 bits per heavy atom. The van der Waals surface area contributed by atoms with Crippen molar-refractivity contribution in [2.24, 2.45) is 0 Å². The largest absolute Gasteiger partial charge is 0.343 e. The van der Waals surface area contributed by atoms with Crippen molar-refractivity contribution >= 4 is 5.91 Å². The number of carbonyl (C=O) groups excluding carboxylic acids is 1. The van der Waals surface area contributed by atoms with Crippen LogP contribution < -0.4 is 5.32 Å². The topological polar surface area (TPSA) is 71.3 Å². The van der Waals surface area contributed by atoms with E-state index in [4.69, 9.17) is 0 Å². The van der Waals surface area contributed by atoms with E-state index in [1.165, 1.54) is 6.39 Å². The van der Waals surface area contributed by atoms with Gasteiger partial charge in [-0.15, -0.1) is 0 Å². The summed E-state index contributed by atoms with van der Waals surface area (Å²) in [5, 5.41) is 6.83. The van der Waals surface area contributed by atoms with Gasteiger partial charge in [0.2, 0.25) is 12.3 Å². The Labute approximate surface area is 87.6 Å². The van der Waals surface area contributed by atoms with Crippen LogP contribution in [0.3, 0.4) is 0 Å². The van der Waals surface area contributed by atoms with Crippen LogP contribution in [-0.2, 0) is 11.3 Å². The van der Waals surface area contributed by atoms with Crippen molar-refractivity contribution < 1.29 is 9.32 Å². The van der Waals surface area contributed by atoms with Crippen LogP contribution >= 0.6 is 0 Å². The van der Waals surface area contributed by atoms with E-state index in [9.17, 15) is 4.79 Å². The highest BCUT2D eigenvalue weighted by Crippen LogP contribution is 2.13. The average Bonchev–Trinajstić information content (AvgIpc) is 2.83. The number of aromatic nitrogens is 2. The molecular formula is C9H14N4O2. The van der Waals surface area contributed by atoms with Gasteiger partial charge in [0.25, 0.3) is 0 Å². The van der Waals surface area contributed by atoms with E-state index in [-0.39, 0.29) is 11.9 Å². The second-order valence-corrected chi connectivity index (χ2v) is 3.51. The second kappa shape index (κ2) is 4.39. The van der Waals surface area contributed by atoms with E-state index in [0.717, 1.165) is 19.5 Å². The van der Waals surface area contributed by atoms with Gasteiger partial charge in [0.1, 0.15) is 0 Å². The van der Waals surface area contributed by atoms with Gasteiger partial charge in [0.05, 0.1) is 12.6 Å². The predicted octanol–water partition coefficient (Wildman–Crippen LogP) is -0.220. The molecule has 2 heterocycles. The molecule has 1 aliphatic rings. The van der Waals surface area contributed by atoms with Gasteiger partial charge >= 0.3 is 0 Å². The second-order valence-electron chi connectivity index (χ2n) is 3.51. The molecule has 6 heteroatoms. The average molecular weight is 210 g/mol. The number of hydrogen-bond acceptors (Lipinski definition) is 5. The van der Waals surface area contributed by atoms with Gasteiger partial charge in [-0.3, -0.25) is 4.79 Å². The highest BCUT2D eigenvalue weighted by molar-refractivity contribution is 5.83. The summed E-state index contributed by atoms with van der Waals surface area (Å²) < 4.78 is 4.62. The number of carbonyl (C=O) groups is 1. The van der Waals surface area contributed by atoms with E-state index in [2.05, 4.69) is 20.0 Å². The Morgan fingerprint density at radius 1 is 1.73 bits per heavy atom. The van der Waals surface area contributed by atoms with Crippen molar-refractivity contribution in [3.05, 3.63) is 12.2 Å². The number of hydrogen-bond donors (Lipinski definition) is 1. The molecule has 0 aromatic carbocycles. The third kappa shape index (κ3) is 2.15. The SMILES string of the molecule is CCNC1CCN(Cc2ncon2)C1=O. The molecule has 1 saturated heterocycles. The van der Waals surface area contributed by atoms with Crippen LogP contribution in [0, 0.1) is 0 Å². The minimum atomic E-state index is -0.0399. The lowest BCUT2D eigenvalue weighted by Crippen LogP contribution is -2.37. The van der Waals surface area contributed by atoms with Crippen LogP contribution in [0.15, 0.2) is 10.9 Å². The smallest absolute Gasteiger partial charge is 0.240 e. The molecular weight excluding hydrogens is 196 g/mol. The minimum Gasteiger partial charge on any atom is -0.343 e. The molecule has 0 spiro atoms. The summed E-state index contributed by atoms with van der Waals surface area (Å²) in [7, 11) is 0. The third-order valence-corrected chi connectivity index (χ3v) is 2.49. The summed E-state index contributed by atoms with van der Waals surface area (Å²) in [6, 6.07) is -0.0399. The summed E-state index contributed by atoms with van der Waals surface area (Å²) >= 11 is 0. The van der Waals surface area contributed by atoms with Crippen molar-refractivity contribution in [3.63, 3.8) is 0 Å². The Balaban J connectivity index is 1.93. The van der Waals surface area contributed by atoms with Gasteiger partial charge in [-0.2, -0.15) is 4.98 Å². The molecule has 1 aromatic heterocycles. The quantitative estimate of drug-likeness (QED) is 0.744. The van der Waals surface area contributed by atoms with E-state index < -0.39 is 0 Å². The monoisotopic (exact) mass is 210 g/mol. The van der Waals surface area contributed by atoms with Crippen molar-refractivity contribution in [1.82, 2.24) is 20.4 Å². The maximum Gasteiger partial charge on any atom is 0.240 e. The van der Waals surface area contributed by atoms with E-state index in [1.807, 2.05) is 6.92 Å². The van der Waals surface area contributed by atoms with E-state index in [0.29, 0.717) is 12.4 Å². The van der Waals surface area contributed by atoms with Crippen LogP contribution in [0.5, 0.6) is 0 Å². The number of amides is 1. The molecule has 0 bridgehead atoms. The van der Waals surface area contributed by atoms with Crippen LogP contribution in [0.2, 0.25) is 0 Å². The van der Waals surface area contributed by atoms with Crippen molar-refractivity contribution in [2.45, 2.75) is 25.9 Å². The molecule has 1 unspecified atom stereocenters. The van der Waals surface area contributed by atoms with Gasteiger partial charge in [0.15, 0.2) is 5.82 Å². The fourth-order valence-corrected chi connectivity index (χ4v) is 1.76. The number of nitrogens with zero attached hydrogens (tertiary/aromatic N) is 3. The first kappa shape index (κ1) is 10.1. The highest BCUT2D eigenvalue weighted by Gasteiger charge is 2.31. The summed E-state index contributed by atoms with van der Waals surface area (Å²) in [6.07, 6.45) is 2.13. The molecule has 0 saturated carbocycles. The minimum absolute atomic E-state index is 0.0399. The highest BCUT2D eigenvalue weighted by atomic mass is 16.5. The summed E-state index contributed by atoms with van der Waals surface area (Å²) in [6.45, 7) is 4.00. The molecule has 6 nitrogen and oxygen atoms in total. The number of rotatable bonds is 4. The molecule has 1 aromatic rings. The summed E-state index contributed by atoms with van der Waals surface area (Å²) in [5.74, 6) is 0.683. The maximum absolute atomic E-state index is 11.8. The Hall–Kier alpha value is -1.43.